The Morgan fingerprint density at radius 3 is 1.82 bits per heavy atom. The highest BCUT2D eigenvalue weighted by Gasteiger charge is 2.45. The molecule has 124 valence electrons. The normalized spacial score (nSPS) is 16.3. The van der Waals surface area contributed by atoms with Crippen LogP contribution < -0.4 is 11.3 Å². The van der Waals surface area contributed by atoms with Crippen molar-refractivity contribution < 1.29 is 45.7 Å². The molecule has 1 atom stereocenters. The van der Waals surface area contributed by atoms with Gasteiger partial charge in [0, 0.05) is 0 Å². The zero-order valence-corrected chi connectivity index (χ0v) is 10.3. The lowest BCUT2D eigenvalue weighted by molar-refractivity contribution is -0.482. The average molecular weight is 326 g/mol. The highest BCUT2D eigenvalue weighted by molar-refractivity contribution is 5.98. The van der Waals surface area contributed by atoms with E-state index in [1.807, 2.05) is 0 Å². The van der Waals surface area contributed by atoms with Crippen LogP contribution in [0.15, 0.2) is 23.2 Å². The Kier molecular flexibility index (Phi) is 10.6. The van der Waals surface area contributed by atoms with E-state index in [0.29, 0.717) is 6.08 Å². The molecular weight excluding hydrogens is 316 g/mol. The highest BCUT2D eigenvalue weighted by atomic mass is 16.7. The maximum absolute atomic E-state index is 10.5. The number of rotatable bonds is 2. The van der Waals surface area contributed by atoms with Crippen molar-refractivity contribution in [1.29, 1.82) is 0 Å². The van der Waals surface area contributed by atoms with Crippen molar-refractivity contribution in [3.8, 4) is 0 Å². The Bertz CT molecular complexity index is 520. The van der Waals surface area contributed by atoms with Gasteiger partial charge in [0.05, 0.1) is 9.85 Å². The maximum Gasteiger partial charge on any atom is 0.386 e. The Labute approximate surface area is 119 Å². The van der Waals surface area contributed by atoms with Crippen LogP contribution in [-0.4, -0.2) is 57.5 Å². The van der Waals surface area contributed by atoms with Crippen LogP contribution in [0, 0.1) is 20.2 Å². The minimum absolute atomic E-state index is 0.503. The SMILES string of the molecule is ONO.ONO.[N-]=[N+]=C1C=C([N+](=O)[O-])C([N+](=O)[O-])=C(O)C1O. The van der Waals surface area contributed by atoms with Gasteiger partial charge in [0.15, 0.2) is 0 Å². The van der Waals surface area contributed by atoms with E-state index in [9.17, 15) is 30.4 Å². The summed E-state index contributed by atoms with van der Waals surface area (Å²) in [6.07, 6.45) is -1.46. The predicted molar refractivity (Wildman–Crippen MR) is 59.8 cm³/mol. The van der Waals surface area contributed by atoms with Gasteiger partial charge in [-0.1, -0.05) is 11.3 Å². The van der Waals surface area contributed by atoms with Crippen molar-refractivity contribution in [3.63, 3.8) is 0 Å². The van der Waals surface area contributed by atoms with Gasteiger partial charge >= 0.3 is 17.1 Å². The molecule has 16 nitrogen and oxygen atoms in total. The minimum Gasteiger partial charge on any atom is -0.503 e. The average Bonchev–Trinajstić information content (AvgIpc) is 2.42. The third-order valence-electron chi connectivity index (χ3n) is 1.80. The molecular formula is C6H10N6O10. The fraction of sp³-hybridized carbons (Fsp3) is 0.167. The summed E-state index contributed by atoms with van der Waals surface area (Å²) < 4.78 is 0. The van der Waals surface area contributed by atoms with Crippen LogP contribution in [0.2, 0.25) is 0 Å². The Hall–Kier alpha value is -2.82. The molecule has 0 aliphatic heterocycles. The van der Waals surface area contributed by atoms with Crippen molar-refractivity contribution in [1.82, 2.24) is 11.3 Å². The van der Waals surface area contributed by atoms with E-state index in [4.69, 9.17) is 26.4 Å². The number of nitrogens with zero attached hydrogens (tertiary/aromatic N) is 4. The molecule has 1 rings (SSSR count). The van der Waals surface area contributed by atoms with Gasteiger partial charge in [-0.15, -0.1) is 0 Å². The number of aliphatic hydroxyl groups is 2. The van der Waals surface area contributed by atoms with Crippen LogP contribution in [0.3, 0.4) is 0 Å². The summed E-state index contributed by atoms with van der Waals surface area (Å²) in [4.78, 5) is 21.0. The molecule has 0 bridgehead atoms. The molecule has 0 amide bonds. The summed E-state index contributed by atoms with van der Waals surface area (Å²) in [5, 5.41) is 66.8. The molecule has 0 heterocycles. The predicted octanol–water partition coefficient (Wildman–Crippen LogP) is -2.05. The molecule has 0 aromatic rings. The number of hydrogen-bond acceptors (Lipinski definition) is 12. The molecule has 0 spiro atoms. The standard InChI is InChI=1S/C6H4N4O6.2H3NO2/c7-8-2-1-3(9(13)14)4(10(15)16)6(12)5(2)11;2*2-1-3/h1,5,11-12H;2*1-3H. The van der Waals surface area contributed by atoms with Crippen molar-refractivity contribution in [2.24, 2.45) is 0 Å². The van der Waals surface area contributed by atoms with Gasteiger partial charge in [-0.05, 0) is 0 Å². The van der Waals surface area contributed by atoms with Gasteiger partial charge in [-0.3, -0.25) is 41.1 Å². The molecule has 0 radical (unpaired) electrons. The number of nitrogens with one attached hydrogen (secondary N) is 2. The Morgan fingerprint density at radius 1 is 1.14 bits per heavy atom. The van der Waals surface area contributed by atoms with Gasteiger partial charge in [0.1, 0.15) is 6.08 Å². The van der Waals surface area contributed by atoms with Crippen LogP contribution in [0.5, 0.6) is 0 Å². The fourth-order valence-corrected chi connectivity index (χ4v) is 1.10. The van der Waals surface area contributed by atoms with Crippen LogP contribution >= 0.6 is 0 Å². The third-order valence-corrected chi connectivity index (χ3v) is 1.80. The quantitative estimate of drug-likeness (QED) is 0.118. The van der Waals surface area contributed by atoms with Crippen molar-refractivity contribution in [2.45, 2.75) is 6.10 Å². The Morgan fingerprint density at radius 2 is 1.55 bits per heavy atom. The first-order valence-corrected chi connectivity index (χ1v) is 4.63. The lowest BCUT2D eigenvalue weighted by Gasteiger charge is -2.07. The van der Waals surface area contributed by atoms with Crippen molar-refractivity contribution >= 4 is 5.71 Å². The summed E-state index contributed by atoms with van der Waals surface area (Å²) in [7, 11) is 0. The van der Waals surface area contributed by atoms with Gasteiger partial charge < -0.3 is 15.7 Å². The molecule has 1 unspecified atom stereocenters. The number of hydrogen-bond donors (Lipinski definition) is 8. The Balaban J connectivity index is 0. The summed E-state index contributed by atoms with van der Waals surface area (Å²) in [6.45, 7) is 0. The molecule has 0 fully saturated rings. The first kappa shape index (κ1) is 21.5. The first-order valence-electron chi connectivity index (χ1n) is 4.63. The zero-order chi connectivity index (χ0) is 17.9. The van der Waals surface area contributed by atoms with E-state index in [-0.39, 0.29) is 0 Å². The smallest absolute Gasteiger partial charge is 0.386 e. The van der Waals surface area contributed by atoms with E-state index in [1.54, 1.807) is 0 Å². The number of nitro groups is 2. The van der Waals surface area contributed by atoms with E-state index >= 15 is 0 Å². The van der Waals surface area contributed by atoms with Crippen LogP contribution in [-0.2, 0) is 0 Å². The highest BCUT2D eigenvalue weighted by Crippen LogP contribution is 2.23. The van der Waals surface area contributed by atoms with Crippen LogP contribution in [0.1, 0.15) is 0 Å². The van der Waals surface area contributed by atoms with Gasteiger partial charge in [-0.25, -0.2) is 0 Å². The third kappa shape index (κ3) is 6.09. The molecule has 1 aliphatic rings. The van der Waals surface area contributed by atoms with Gasteiger partial charge in [-0.2, -0.15) is 4.79 Å². The van der Waals surface area contributed by atoms with Crippen molar-refractivity contribution in [2.75, 3.05) is 0 Å². The van der Waals surface area contributed by atoms with Gasteiger partial charge in [0.2, 0.25) is 11.9 Å². The van der Waals surface area contributed by atoms with E-state index in [1.165, 1.54) is 0 Å². The monoisotopic (exact) mass is 326 g/mol. The summed E-state index contributed by atoms with van der Waals surface area (Å²) in [5.74, 6) is -1.24. The molecule has 0 saturated carbocycles. The lowest BCUT2D eigenvalue weighted by Crippen LogP contribution is -2.31. The second-order valence-electron chi connectivity index (χ2n) is 2.91. The molecule has 22 heavy (non-hydrogen) atoms. The summed E-state index contributed by atoms with van der Waals surface area (Å²) >= 11 is 0. The molecule has 1 aliphatic carbocycles. The van der Waals surface area contributed by atoms with Crippen LogP contribution in [0.25, 0.3) is 5.53 Å². The topological polar surface area (TPSA) is 268 Å². The summed E-state index contributed by atoms with van der Waals surface area (Å²) in [6, 6.07) is 0. The molecule has 8 N–H and O–H groups in total. The zero-order valence-electron chi connectivity index (χ0n) is 10.3. The largest absolute Gasteiger partial charge is 0.503 e. The first-order chi connectivity index (χ1) is 10.2. The second-order valence-corrected chi connectivity index (χ2v) is 2.91. The fourth-order valence-electron chi connectivity index (χ4n) is 1.10. The maximum atomic E-state index is 10.5. The van der Waals surface area contributed by atoms with Crippen LogP contribution in [0.4, 0.5) is 0 Å². The van der Waals surface area contributed by atoms with E-state index in [2.05, 4.69) is 4.79 Å². The van der Waals surface area contributed by atoms with E-state index in [0.717, 1.165) is 11.3 Å². The molecule has 0 aromatic heterocycles. The molecule has 0 aromatic carbocycles. The van der Waals surface area contributed by atoms with E-state index < -0.39 is 38.8 Å². The summed E-state index contributed by atoms with van der Waals surface area (Å²) in [5.41, 5.74) is 6.90. The van der Waals surface area contributed by atoms with Gasteiger partial charge in [0.25, 0.3) is 0 Å². The van der Waals surface area contributed by atoms with Crippen molar-refractivity contribution in [3.05, 3.63) is 49.0 Å². The molecule has 16 heteroatoms. The number of aliphatic hydroxyl groups excluding tert-OH is 2. The lowest BCUT2D eigenvalue weighted by atomic mass is 10.0. The minimum atomic E-state index is -1.96. The second kappa shape index (κ2) is 10.9. The molecule has 0 saturated heterocycles.